The fourth-order valence-electron chi connectivity index (χ4n) is 1.78. The Hall–Kier alpha value is -1.49. The molecule has 1 aliphatic rings. The number of nitrogens with zero attached hydrogens (tertiary/aromatic N) is 2. The third-order valence-electron chi connectivity index (χ3n) is 2.51. The quantitative estimate of drug-likeness (QED) is 0.812. The van der Waals surface area contributed by atoms with Crippen LogP contribution in [-0.2, 0) is 4.87 Å². The summed E-state index contributed by atoms with van der Waals surface area (Å²) in [5.74, 6) is 0. The number of hydrogen-bond acceptors (Lipinski definition) is 3. The number of carbonyl (C=O) groups is 1. The van der Waals surface area contributed by atoms with Gasteiger partial charge in [0.1, 0.15) is 4.87 Å². The van der Waals surface area contributed by atoms with E-state index in [4.69, 9.17) is 5.73 Å². The molecule has 2 N–H and O–H groups in total. The third-order valence-corrected chi connectivity index (χ3v) is 3.69. The molecule has 0 saturated carbocycles. The summed E-state index contributed by atoms with van der Waals surface area (Å²) in [5, 5.41) is 6.33. The van der Waals surface area contributed by atoms with E-state index in [2.05, 4.69) is 5.10 Å². The lowest BCUT2D eigenvalue weighted by molar-refractivity contribution is 0.184. The molecule has 0 spiro atoms. The molecule has 0 aliphatic carbocycles. The van der Waals surface area contributed by atoms with Crippen LogP contribution in [0.15, 0.2) is 35.4 Å². The molecule has 16 heavy (non-hydrogen) atoms. The third kappa shape index (κ3) is 1.67. The van der Waals surface area contributed by atoms with E-state index in [1.165, 1.54) is 16.8 Å². The molecule has 1 aromatic carbocycles. The molecule has 1 unspecified atom stereocenters. The highest BCUT2D eigenvalue weighted by molar-refractivity contribution is 8.14. The van der Waals surface area contributed by atoms with Gasteiger partial charge in [-0.2, -0.15) is 10.1 Å². The molecule has 0 radical (unpaired) electrons. The first kappa shape index (κ1) is 11.0. The molecule has 0 saturated heterocycles. The fraction of sp³-hybridized carbons (Fsp3) is 0.273. The Morgan fingerprint density at radius 2 is 2.06 bits per heavy atom. The minimum absolute atomic E-state index is 0.531. The van der Waals surface area contributed by atoms with Crippen LogP contribution in [0.3, 0.4) is 0 Å². The van der Waals surface area contributed by atoms with E-state index in [0.717, 1.165) is 10.6 Å². The summed E-state index contributed by atoms with van der Waals surface area (Å²) < 4.78 is 0. The zero-order valence-electron chi connectivity index (χ0n) is 9.18. The lowest BCUT2D eigenvalue weighted by atomic mass is 10.1. The van der Waals surface area contributed by atoms with Crippen LogP contribution in [0.4, 0.5) is 4.79 Å². The zero-order valence-corrected chi connectivity index (χ0v) is 9.99. The van der Waals surface area contributed by atoms with Crippen molar-refractivity contribution in [1.82, 2.24) is 5.01 Å². The van der Waals surface area contributed by atoms with Gasteiger partial charge >= 0.3 is 6.03 Å². The molecular formula is C11H13N3OS. The Bertz CT molecular complexity index is 446. The van der Waals surface area contributed by atoms with Crippen molar-refractivity contribution in [1.29, 1.82) is 0 Å². The SMILES string of the molecule is CC1=NN(C(N)=O)C(C)(c2ccccc2)S1. The second-order valence-electron chi connectivity index (χ2n) is 3.72. The molecule has 0 fully saturated rings. The molecule has 1 heterocycles. The Kier molecular flexibility index (Phi) is 2.63. The number of benzene rings is 1. The van der Waals surface area contributed by atoms with Crippen LogP contribution in [0, 0.1) is 0 Å². The van der Waals surface area contributed by atoms with E-state index in [0.29, 0.717) is 0 Å². The summed E-state index contributed by atoms with van der Waals surface area (Å²) >= 11 is 1.53. The maximum Gasteiger partial charge on any atom is 0.336 e. The Balaban J connectivity index is 2.43. The zero-order chi connectivity index (χ0) is 11.8. The largest absolute Gasteiger partial charge is 0.350 e. The smallest absolute Gasteiger partial charge is 0.336 e. The summed E-state index contributed by atoms with van der Waals surface area (Å²) in [4.78, 5) is 10.8. The van der Waals surface area contributed by atoms with Gasteiger partial charge < -0.3 is 5.73 Å². The predicted molar refractivity (Wildman–Crippen MR) is 65.9 cm³/mol. The second kappa shape index (κ2) is 3.83. The van der Waals surface area contributed by atoms with Gasteiger partial charge in [0.25, 0.3) is 0 Å². The van der Waals surface area contributed by atoms with Crippen LogP contribution < -0.4 is 5.73 Å². The number of thioether (sulfide) groups is 1. The van der Waals surface area contributed by atoms with Crippen LogP contribution >= 0.6 is 11.8 Å². The number of primary amides is 1. The molecule has 4 nitrogen and oxygen atoms in total. The van der Waals surface area contributed by atoms with Crippen molar-refractivity contribution >= 4 is 22.8 Å². The van der Waals surface area contributed by atoms with E-state index in [1.54, 1.807) is 0 Å². The molecular weight excluding hydrogens is 222 g/mol. The van der Waals surface area contributed by atoms with E-state index in [-0.39, 0.29) is 0 Å². The van der Waals surface area contributed by atoms with E-state index in [9.17, 15) is 4.79 Å². The average molecular weight is 235 g/mol. The Morgan fingerprint density at radius 3 is 2.62 bits per heavy atom. The van der Waals surface area contributed by atoms with Crippen LogP contribution in [0.25, 0.3) is 0 Å². The molecule has 0 bridgehead atoms. The topological polar surface area (TPSA) is 58.7 Å². The van der Waals surface area contributed by atoms with E-state index in [1.807, 2.05) is 44.2 Å². The van der Waals surface area contributed by atoms with Gasteiger partial charge in [0.15, 0.2) is 0 Å². The van der Waals surface area contributed by atoms with Crippen molar-refractivity contribution in [2.45, 2.75) is 18.7 Å². The van der Waals surface area contributed by atoms with Gasteiger partial charge in [-0.15, -0.1) is 0 Å². The maximum absolute atomic E-state index is 11.4. The molecule has 84 valence electrons. The summed E-state index contributed by atoms with van der Waals surface area (Å²) in [6, 6.07) is 9.22. The number of nitrogens with two attached hydrogens (primary N) is 1. The van der Waals surface area contributed by atoms with Gasteiger partial charge in [0, 0.05) is 0 Å². The van der Waals surface area contributed by atoms with Gasteiger partial charge in [-0.1, -0.05) is 42.1 Å². The minimum atomic E-state index is -0.532. The lowest BCUT2D eigenvalue weighted by Gasteiger charge is -2.30. The fourth-order valence-corrected chi connectivity index (χ4v) is 2.94. The van der Waals surface area contributed by atoms with Crippen molar-refractivity contribution in [3.63, 3.8) is 0 Å². The van der Waals surface area contributed by atoms with Crippen LogP contribution in [0.5, 0.6) is 0 Å². The van der Waals surface area contributed by atoms with Gasteiger partial charge in [0.2, 0.25) is 0 Å². The number of hydrazone groups is 1. The Labute approximate surface area is 98.5 Å². The number of carbonyl (C=O) groups excluding carboxylic acids is 1. The van der Waals surface area contributed by atoms with E-state index >= 15 is 0 Å². The maximum atomic E-state index is 11.4. The molecule has 5 heteroatoms. The number of urea groups is 1. The first-order chi connectivity index (χ1) is 7.54. The molecule has 2 rings (SSSR count). The summed E-state index contributed by atoms with van der Waals surface area (Å²) in [6.07, 6.45) is 0. The number of amides is 2. The van der Waals surface area contributed by atoms with Crippen molar-refractivity contribution in [3.05, 3.63) is 35.9 Å². The highest BCUT2D eigenvalue weighted by Gasteiger charge is 2.42. The van der Waals surface area contributed by atoms with Gasteiger partial charge in [0.05, 0.1) is 5.04 Å². The molecule has 0 aromatic heterocycles. The first-order valence-corrected chi connectivity index (χ1v) is 5.75. The molecule has 1 aromatic rings. The molecule has 1 atom stereocenters. The van der Waals surface area contributed by atoms with Crippen LogP contribution in [0.2, 0.25) is 0 Å². The van der Waals surface area contributed by atoms with Gasteiger partial charge in [-0.3, -0.25) is 0 Å². The minimum Gasteiger partial charge on any atom is -0.350 e. The summed E-state index contributed by atoms with van der Waals surface area (Å²) in [7, 11) is 0. The predicted octanol–water partition coefficient (Wildman–Crippen LogP) is 2.32. The van der Waals surface area contributed by atoms with Crippen molar-refractivity contribution in [2.24, 2.45) is 10.8 Å². The average Bonchev–Trinajstić information content (AvgIpc) is 2.57. The second-order valence-corrected chi connectivity index (χ2v) is 5.31. The summed E-state index contributed by atoms with van der Waals surface area (Å²) in [6.45, 7) is 3.81. The summed E-state index contributed by atoms with van der Waals surface area (Å²) in [5.41, 5.74) is 6.35. The standard InChI is InChI=1S/C11H13N3OS/c1-8-13-14(10(12)15)11(2,16-8)9-6-4-3-5-7-9/h3-7H,1-2H3,(H2,12,15). The Morgan fingerprint density at radius 1 is 1.44 bits per heavy atom. The lowest BCUT2D eigenvalue weighted by Crippen LogP contribution is -2.42. The normalized spacial score (nSPS) is 24.4. The van der Waals surface area contributed by atoms with Crippen molar-refractivity contribution in [2.75, 3.05) is 0 Å². The van der Waals surface area contributed by atoms with E-state index < -0.39 is 10.9 Å². The van der Waals surface area contributed by atoms with Crippen LogP contribution in [0.1, 0.15) is 19.4 Å². The number of rotatable bonds is 1. The number of hydrogen-bond donors (Lipinski definition) is 1. The van der Waals surface area contributed by atoms with Gasteiger partial charge in [-0.05, 0) is 19.4 Å². The highest BCUT2D eigenvalue weighted by atomic mass is 32.2. The first-order valence-electron chi connectivity index (χ1n) is 4.93. The molecule has 1 aliphatic heterocycles. The highest BCUT2D eigenvalue weighted by Crippen LogP contribution is 2.44. The monoisotopic (exact) mass is 235 g/mol. The van der Waals surface area contributed by atoms with Crippen molar-refractivity contribution < 1.29 is 4.79 Å². The molecule has 2 amide bonds. The van der Waals surface area contributed by atoms with Gasteiger partial charge in [-0.25, -0.2) is 4.79 Å². The van der Waals surface area contributed by atoms with Crippen molar-refractivity contribution in [3.8, 4) is 0 Å². The van der Waals surface area contributed by atoms with Crippen LogP contribution in [-0.4, -0.2) is 16.1 Å².